The highest BCUT2D eigenvalue weighted by Gasteiger charge is 2.37. The van der Waals surface area contributed by atoms with Crippen LogP contribution in [-0.2, 0) is 4.79 Å². The first-order chi connectivity index (χ1) is 10.1. The molecule has 1 aromatic carbocycles. The van der Waals surface area contributed by atoms with Gasteiger partial charge in [0.05, 0.1) is 11.4 Å². The van der Waals surface area contributed by atoms with Crippen molar-refractivity contribution in [3.63, 3.8) is 0 Å². The summed E-state index contributed by atoms with van der Waals surface area (Å²) < 4.78 is 12.9. The summed E-state index contributed by atoms with van der Waals surface area (Å²) in [7, 11) is 0. The van der Waals surface area contributed by atoms with E-state index in [0.717, 1.165) is 24.9 Å². The minimum Gasteiger partial charge on any atom is -0.397 e. The lowest BCUT2D eigenvalue weighted by atomic mass is 10.1. The predicted molar refractivity (Wildman–Crippen MR) is 81.4 cm³/mol. The number of likely N-dealkylation sites (tertiary alicyclic amines) is 1. The third kappa shape index (κ3) is 3.35. The number of fused-ring (bicyclic) bond motifs is 2. The summed E-state index contributed by atoms with van der Waals surface area (Å²) >= 11 is 0. The highest BCUT2D eigenvalue weighted by atomic mass is 19.1. The molecule has 2 fully saturated rings. The van der Waals surface area contributed by atoms with Crippen molar-refractivity contribution in [1.82, 2.24) is 4.90 Å². The number of hydrogen-bond donors (Lipinski definition) is 2. The van der Waals surface area contributed by atoms with E-state index in [1.807, 2.05) is 0 Å². The van der Waals surface area contributed by atoms with Crippen molar-refractivity contribution in [2.24, 2.45) is 5.92 Å². The Labute approximate surface area is 124 Å². The number of hydrogen-bond acceptors (Lipinski definition) is 3. The van der Waals surface area contributed by atoms with Gasteiger partial charge >= 0.3 is 0 Å². The number of nitrogens with two attached hydrogens (primary N) is 1. The van der Waals surface area contributed by atoms with Crippen LogP contribution >= 0.6 is 0 Å². The molecule has 4 nitrogen and oxygen atoms in total. The number of piperidine rings is 1. The molecular weight excluding hydrogens is 269 g/mol. The van der Waals surface area contributed by atoms with Crippen LogP contribution in [0.1, 0.15) is 32.1 Å². The number of nitrogen functional groups attached to an aromatic ring is 1. The van der Waals surface area contributed by atoms with Gasteiger partial charge in [0.2, 0.25) is 5.91 Å². The second-order valence-electron chi connectivity index (χ2n) is 6.21. The zero-order valence-electron chi connectivity index (χ0n) is 12.1. The van der Waals surface area contributed by atoms with Gasteiger partial charge in [-0.15, -0.1) is 0 Å². The van der Waals surface area contributed by atoms with Gasteiger partial charge in [-0.2, -0.15) is 0 Å². The molecule has 2 atom stereocenters. The molecule has 1 saturated carbocycles. The summed E-state index contributed by atoms with van der Waals surface area (Å²) in [5, 5.41) is 2.75. The van der Waals surface area contributed by atoms with Gasteiger partial charge in [-0.1, -0.05) is 0 Å². The first kappa shape index (κ1) is 14.3. The Morgan fingerprint density at radius 2 is 2.29 bits per heavy atom. The molecule has 2 aliphatic rings. The largest absolute Gasteiger partial charge is 0.397 e. The van der Waals surface area contributed by atoms with Crippen molar-refractivity contribution in [1.29, 1.82) is 0 Å². The molecule has 0 radical (unpaired) electrons. The van der Waals surface area contributed by atoms with E-state index < -0.39 is 5.82 Å². The molecule has 1 aromatic rings. The fourth-order valence-electron chi connectivity index (χ4n) is 3.60. The Hall–Kier alpha value is -1.62. The SMILES string of the molecule is Nc1cc(F)ccc1NC(=O)CCCN1CC2CCC1C2. The molecule has 21 heavy (non-hydrogen) atoms. The minimum atomic E-state index is -0.394. The highest BCUT2D eigenvalue weighted by Crippen LogP contribution is 2.37. The smallest absolute Gasteiger partial charge is 0.224 e. The maximum absolute atomic E-state index is 12.9. The number of benzene rings is 1. The van der Waals surface area contributed by atoms with Gasteiger partial charge in [0.15, 0.2) is 0 Å². The Balaban J connectivity index is 1.42. The third-order valence-electron chi connectivity index (χ3n) is 4.66. The molecule has 2 unspecified atom stereocenters. The molecule has 1 heterocycles. The van der Waals surface area contributed by atoms with Crippen LogP contribution in [0, 0.1) is 11.7 Å². The molecule has 1 aliphatic heterocycles. The second-order valence-corrected chi connectivity index (χ2v) is 6.21. The van der Waals surface area contributed by atoms with Crippen LogP contribution in [0.15, 0.2) is 18.2 Å². The van der Waals surface area contributed by atoms with E-state index in [1.54, 1.807) is 0 Å². The summed E-state index contributed by atoms with van der Waals surface area (Å²) in [6.07, 6.45) is 5.38. The average molecular weight is 291 g/mol. The van der Waals surface area contributed by atoms with Crippen molar-refractivity contribution < 1.29 is 9.18 Å². The number of rotatable bonds is 5. The van der Waals surface area contributed by atoms with Crippen LogP contribution in [0.2, 0.25) is 0 Å². The number of halogens is 1. The molecule has 1 amide bonds. The van der Waals surface area contributed by atoms with Crippen LogP contribution < -0.4 is 11.1 Å². The number of nitrogens with one attached hydrogen (secondary N) is 1. The first-order valence-electron chi connectivity index (χ1n) is 7.71. The van der Waals surface area contributed by atoms with E-state index >= 15 is 0 Å². The fraction of sp³-hybridized carbons (Fsp3) is 0.562. The van der Waals surface area contributed by atoms with Crippen LogP contribution in [0.3, 0.4) is 0 Å². The van der Waals surface area contributed by atoms with Crippen LogP contribution in [0.25, 0.3) is 0 Å². The summed E-state index contributed by atoms with van der Waals surface area (Å²) in [5.74, 6) is 0.440. The van der Waals surface area contributed by atoms with Crippen LogP contribution in [-0.4, -0.2) is 29.9 Å². The van der Waals surface area contributed by atoms with Gasteiger partial charge in [-0.05, 0) is 56.3 Å². The number of carbonyl (C=O) groups excluding carboxylic acids is 1. The summed E-state index contributed by atoms with van der Waals surface area (Å²) in [6.45, 7) is 2.20. The Kier molecular flexibility index (Phi) is 4.10. The molecule has 0 spiro atoms. The molecule has 3 rings (SSSR count). The van der Waals surface area contributed by atoms with Gasteiger partial charge in [-0.25, -0.2) is 4.39 Å². The van der Waals surface area contributed by atoms with Crippen molar-refractivity contribution in [2.45, 2.75) is 38.1 Å². The molecule has 114 valence electrons. The van der Waals surface area contributed by atoms with Gasteiger partial charge in [0.25, 0.3) is 0 Å². The average Bonchev–Trinajstić information content (AvgIpc) is 3.04. The van der Waals surface area contributed by atoms with E-state index in [0.29, 0.717) is 12.1 Å². The van der Waals surface area contributed by atoms with E-state index in [-0.39, 0.29) is 11.6 Å². The van der Waals surface area contributed by atoms with E-state index in [1.165, 1.54) is 44.0 Å². The van der Waals surface area contributed by atoms with Crippen LogP contribution in [0.4, 0.5) is 15.8 Å². The molecule has 1 saturated heterocycles. The zero-order chi connectivity index (χ0) is 14.8. The Bertz CT molecular complexity index is 534. The monoisotopic (exact) mass is 291 g/mol. The lowest BCUT2D eigenvalue weighted by Gasteiger charge is -2.26. The number of nitrogens with zero attached hydrogens (tertiary/aromatic N) is 1. The van der Waals surface area contributed by atoms with Gasteiger partial charge in [0.1, 0.15) is 5.82 Å². The normalized spacial score (nSPS) is 24.4. The number of amides is 1. The molecule has 3 N–H and O–H groups in total. The fourth-order valence-corrected chi connectivity index (χ4v) is 3.60. The second kappa shape index (κ2) is 6.02. The zero-order valence-corrected chi connectivity index (χ0v) is 12.1. The minimum absolute atomic E-state index is 0.0577. The molecule has 2 bridgehead atoms. The van der Waals surface area contributed by atoms with E-state index in [9.17, 15) is 9.18 Å². The van der Waals surface area contributed by atoms with Gasteiger partial charge < -0.3 is 16.0 Å². The van der Waals surface area contributed by atoms with E-state index in [2.05, 4.69) is 10.2 Å². The lowest BCUT2D eigenvalue weighted by molar-refractivity contribution is -0.116. The van der Waals surface area contributed by atoms with Crippen molar-refractivity contribution in [3.8, 4) is 0 Å². The van der Waals surface area contributed by atoms with Crippen LogP contribution in [0.5, 0.6) is 0 Å². The molecule has 0 aromatic heterocycles. The van der Waals surface area contributed by atoms with Gasteiger partial charge in [-0.3, -0.25) is 4.79 Å². The maximum atomic E-state index is 12.9. The van der Waals surface area contributed by atoms with Crippen molar-refractivity contribution in [2.75, 3.05) is 24.1 Å². The standard InChI is InChI=1S/C16H22FN3O/c17-12-4-6-15(14(18)9-12)19-16(21)2-1-7-20-10-11-3-5-13(20)8-11/h4,6,9,11,13H,1-3,5,7-8,10,18H2,(H,19,21). The number of carbonyl (C=O) groups is 1. The van der Waals surface area contributed by atoms with Crippen molar-refractivity contribution >= 4 is 17.3 Å². The first-order valence-corrected chi connectivity index (χ1v) is 7.71. The Morgan fingerprint density at radius 3 is 2.95 bits per heavy atom. The molecule has 5 heteroatoms. The molecule has 1 aliphatic carbocycles. The maximum Gasteiger partial charge on any atom is 0.224 e. The number of anilines is 2. The summed E-state index contributed by atoms with van der Waals surface area (Å²) in [4.78, 5) is 14.4. The quantitative estimate of drug-likeness (QED) is 0.820. The summed E-state index contributed by atoms with van der Waals surface area (Å²) in [6, 6.07) is 4.77. The lowest BCUT2D eigenvalue weighted by Crippen LogP contribution is -2.33. The van der Waals surface area contributed by atoms with Crippen molar-refractivity contribution in [3.05, 3.63) is 24.0 Å². The third-order valence-corrected chi connectivity index (χ3v) is 4.66. The highest BCUT2D eigenvalue weighted by molar-refractivity contribution is 5.93. The van der Waals surface area contributed by atoms with Gasteiger partial charge in [0, 0.05) is 19.0 Å². The Morgan fingerprint density at radius 1 is 1.43 bits per heavy atom. The molecular formula is C16H22FN3O. The predicted octanol–water partition coefficient (Wildman–Crippen LogP) is 2.61. The topological polar surface area (TPSA) is 58.4 Å². The van der Waals surface area contributed by atoms with E-state index in [4.69, 9.17) is 5.73 Å². The summed E-state index contributed by atoms with van der Waals surface area (Å²) in [5.41, 5.74) is 6.43.